The van der Waals surface area contributed by atoms with Gasteiger partial charge in [-0.1, -0.05) is 17.7 Å². The summed E-state index contributed by atoms with van der Waals surface area (Å²) in [5.74, 6) is 1.43. The van der Waals surface area contributed by atoms with E-state index in [4.69, 9.17) is 21.3 Å². The molecule has 0 unspecified atom stereocenters. The van der Waals surface area contributed by atoms with E-state index in [1.807, 2.05) is 12.1 Å². The van der Waals surface area contributed by atoms with Crippen molar-refractivity contribution in [2.24, 2.45) is 0 Å². The Morgan fingerprint density at radius 1 is 1.02 bits per heavy atom. The fourth-order valence-corrected chi connectivity index (χ4v) is 6.12. The highest BCUT2D eigenvalue weighted by Gasteiger charge is 2.23. The Bertz CT molecular complexity index is 1500. The van der Waals surface area contributed by atoms with Crippen LogP contribution in [0.3, 0.4) is 0 Å². The molecule has 42 heavy (non-hydrogen) atoms. The molecule has 2 aliphatic rings. The van der Waals surface area contributed by atoms with E-state index in [2.05, 4.69) is 54.2 Å². The number of hydrogen-bond acceptors (Lipinski definition) is 9. The van der Waals surface area contributed by atoms with Gasteiger partial charge < -0.3 is 30.2 Å². The normalized spacial score (nSPS) is 17.2. The molecule has 2 saturated heterocycles. The number of fused-ring (bicyclic) bond motifs is 1. The molecule has 0 radical (unpaired) electrons. The summed E-state index contributed by atoms with van der Waals surface area (Å²) in [6.07, 6.45) is 3.63. The van der Waals surface area contributed by atoms with E-state index in [1.54, 1.807) is 19.4 Å². The van der Waals surface area contributed by atoms with Crippen LogP contribution in [0.1, 0.15) is 18.4 Å². The van der Waals surface area contributed by atoms with E-state index < -0.39 is 0 Å². The van der Waals surface area contributed by atoms with E-state index in [-0.39, 0.29) is 18.4 Å². The number of piperidine rings is 1. The topological polar surface area (TPSA) is 113 Å². The maximum atomic E-state index is 9.88. The third-order valence-electron chi connectivity index (χ3n) is 8.35. The summed E-state index contributed by atoms with van der Waals surface area (Å²) in [6.45, 7) is 7.47. The molecule has 2 fully saturated rings. The van der Waals surface area contributed by atoms with E-state index in [1.165, 1.54) is 5.69 Å². The molecule has 11 heteroatoms. The Hall–Kier alpha value is -3.57. The number of nitrogens with one attached hydrogen (secondary N) is 2. The minimum absolute atomic E-state index is 0.160. The number of likely N-dealkylation sites (tertiary alicyclic amines) is 1. The Morgan fingerprint density at radius 3 is 2.50 bits per heavy atom. The summed E-state index contributed by atoms with van der Waals surface area (Å²) in [7, 11) is 1.57. The average molecular weight is 592 g/mol. The Morgan fingerprint density at radius 2 is 1.79 bits per heavy atom. The number of aromatic hydroxyl groups is 1. The Labute approximate surface area is 250 Å². The van der Waals surface area contributed by atoms with E-state index in [9.17, 15) is 10.2 Å². The SMILES string of the molecule is COc1cc(CN2CCC(Nc3c(Cl)cnc4[nH]c(-c5ccc(N6CCN(CCO)CC6)cc5)nc34)CC2)ccc1O. The number of halogens is 1. The zero-order valence-corrected chi connectivity index (χ0v) is 24.6. The zero-order valence-electron chi connectivity index (χ0n) is 23.9. The second-order valence-corrected chi connectivity index (χ2v) is 11.5. The van der Waals surface area contributed by atoms with Gasteiger partial charge in [-0.05, 0) is 54.8 Å². The van der Waals surface area contributed by atoms with Crippen molar-refractivity contribution in [3.8, 4) is 22.9 Å². The molecule has 4 heterocycles. The number of phenolic OH excluding ortho intramolecular Hbond substituents is 1. The molecular formula is C31H38ClN7O3. The summed E-state index contributed by atoms with van der Waals surface area (Å²) in [4.78, 5) is 19.9. The van der Waals surface area contributed by atoms with Gasteiger partial charge in [0.1, 0.15) is 11.3 Å². The van der Waals surface area contributed by atoms with Crippen LogP contribution < -0.4 is 15.0 Å². The van der Waals surface area contributed by atoms with Gasteiger partial charge in [0.15, 0.2) is 17.1 Å². The number of aromatic amines is 1. The number of β-amino-alcohol motifs (C(OH)–C–C–N with tert-alkyl or cyclic N) is 1. The summed E-state index contributed by atoms with van der Waals surface area (Å²) >= 11 is 6.65. The molecule has 2 aromatic heterocycles. The molecule has 4 aromatic rings. The largest absolute Gasteiger partial charge is 0.504 e. The lowest BCUT2D eigenvalue weighted by Crippen LogP contribution is -2.47. The number of anilines is 2. The van der Waals surface area contributed by atoms with Crippen LogP contribution >= 0.6 is 11.6 Å². The van der Waals surface area contributed by atoms with Crippen LogP contribution in [0.15, 0.2) is 48.7 Å². The van der Waals surface area contributed by atoms with Crippen LogP contribution in [0.5, 0.6) is 11.5 Å². The first-order chi connectivity index (χ1) is 20.5. The lowest BCUT2D eigenvalue weighted by atomic mass is 10.0. The molecule has 222 valence electrons. The molecule has 2 aliphatic heterocycles. The van der Waals surface area contributed by atoms with Crippen molar-refractivity contribution in [3.05, 3.63) is 59.2 Å². The first-order valence-corrected chi connectivity index (χ1v) is 15.0. The number of methoxy groups -OCH3 is 1. The Balaban J connectivity index is 1.10. The van der Waals surface area contributed by atoms with Gasteiger partial charge in [0.2, 0.25) is 0 Å². The van der Waals surface area contributed by atoms with Gasteiger partial charge in [-0.25, -0.2) is 9.97 Å². The highest BCUT2D eigenvalue weighted by atomic mass is 35.5. The molecule has 0 spiro atoms. The summed E-state index contributed by atoms with van der Waals surface area (Å²) in [5, 5.41) is 23.3. The highest BCUT2D eigenvalue weighted by molar-refractivity contribution is 6.34. The van der Waals surface area contributed by atoms with Crippen LogP contribution in [-0.2, 0) is 6.54 Å². The Kier molecular flexibility index (Phi) is 8.66. The van der Waals surface area contributed by atoms with Crippen molar-refractivity contribution in [3.63, 3.8) is 0 Å². The minimum Gasteiger partial charge on any atom is -0.504 e. The summed E-state index contributed by atoms with van der Waals surface area (Å²) in [6, 6.07) is 14.3. The quantitative estimate of drug-likeness (QED) is 0.228. The van der Waals surface area contributed by atoms with E-state index in [0.29, 0.717) is 16.4 Å². The number of hydrogen-bond donors (Lipinski definition) is 4. The number of rotatable bonds is 9. The van der Waals surface area contributed by atoms with Crippen LogP contribution in [0.4, 0.5) is 11.4 Å². The third-order valence-corrected chi connectivity index (χ3v) is 8.63. The maximum absolute atomic E-state index is 9.88. The van der Waals surface area contributed by atoms with Crippen LogP contribution in [0.2, 0.25) is 5.02 Å². The molecule has 0 bridgehead atoms. The highest BCUT2D eigenvalue weighted by Crippen LogP contribution is 2.33. The summed E-state index contributed by atoms with van der Waals surface area (Å²) < 4.78 is 5.26. The zero-order chi connectivity index (χ0) is 29.1. The number of H-pyrrole nitrogens is 1. The molecule has 4 N–H and O–H groups in total. The second kappa shape index (κ2) is 12.7. The molecule has 0 atom stereocenters. The van der Waals surface area contributed by atoms with Crippen molar-refractivity contribution >= 4 is 34.1 Å². The molecular weight excluding hydrogens is 554 g/mol. The van der Waals surface area contributed by atoms with Crippen LogP contribution in [0, 0.1) is 0 Å². The number of aromatic nitrogens is 3. The molecule has 2 aromatic carbocycles. The molecule has 0 aliphatic carbocycles. The summed E-state index contributed by atoms with van der Waals surface area (Å²) in [5.41, 5.74) is 5.59. The number of imidazole rings is 1. The average Bonchev–Trinajstić information content (AvgIpc) is 3.46. The van der Waals surface area contributed by atoms with Crippen molar-refractivity contribution in [1.82, 2.24) is 24.8 Å². The predicted octanol–water partition coefficient (Wildman–Crippen LogP) is 4.18. The standard InChI is InChI=1S/C31H38ClN7O3/c1-42-27-18-21(2-7-26(27)41)20-38-10-8-23(9-11-38)34-28-25(32)19-33-31-29(28)35-30(36-31)22-3-5-24(6-4-22)39-14-12-37(13-15-39)16-17-40/h2-7,18-19,23,40-41H,8-17,20H2,1H3,(H2,33,34,35,36). The van der Waals surface area contributed by atoms with Crippen molar-refractivity contribution in [2.45, 2.75) is 25.4 Å². The second-order valence-electron chi connectivity index (χ2n) is 11.1. The van der Waals surface area contributed by atoms with Gasteiger partial charge in [-0.3, -0.25) is 9.80 Å². The van der Waals surface area contributed by atoms with Gasteiger partial charge in [-0.15, -0.1) is 0 Å². The maximum Gasteiger partial charge on any atom is 0.160 e. The number of benzene rings is 2. The fourth-order valence-electron chi connectivity index (χ4n) is 5.92. The molecule has 6 rings (SSSR count). The number of aliphatic hydroxyl groups is 1. The van der Waals surface area contributed by atoms with Crippen molar-refractivity contribution in [2.75, 3.05) is 69.7 Å². The monoisotopic (exact) mass is 591 g/mol. The van der Waals surface area contributed by atoms with Gasteiger partial charge in [0, 0.05) is 69.7 Å². The van der Waals surface area contributed by atoms with Crippen molar-refractivity contribution < 1.29 is 14.9 Å². The first-order valence-electron chi connectivity index (χ1n) is 14.6. The molecule has 0 saturated carbocycles. The number of phenols is 1. The number of nitrogens with zero attached hydrogens (tertiary/aromatic N) is 5. The fraction of sp³-hybridized carbons (Fsp3) is 0.419. The smallest absolute Gasteiger partial charge is 0.160 e. The van der Waals surface area contributed by atoms with Gasteiger partial charge in [0.25, 0.3) is 0 Å². The number of ether oxygens (including phenoxy) is 1. The van der Waals surface area contributed by atoms with Gasteiger partial charge in [-0.2, -0.15) is 0 Å². The third kappa shape index (κ3) is 6.27. The molecule has 10 nitrogen and oxygen atoms in total. The molecule has 0 amide bonds. The van der Waals surface area contributed by atoms with E-state index in [0.717, 1.165) is 93.4 Å². The van der Waals surface area contributed by atoms with Crippen LogP contribution in [0.25, 0.3) is 22.6 Å². The lowest BCUT2D eigenvalue weighted by molar-refractivity contribution is 0.189. The first kappa shape index (κ1) is 28.5. The van der Waals surface area contributed by atoms with Gasteiger partial charge in [0.05, 0.1) is 30.6 Å². The van der Waals surface area contributed by atoms with E-state index >= 15 is 0 Å². The van der Waals surface area contributed by atoms with Crippen LogP contribution in [-0.4, -0.2) is 101 Å². The lowest BCUT2D eigenvalue weighted by Gasteiger charge is -2.35. The number of pyridine rings is 1. The number of piperazine rings is 1. The minimum atomic E-state index is 0.160. The predicted molar refractivity (Wildman–Crippen MR) is 167 cm³/mol. The van der Waals surface area contributed by atoms with Crippen molar-refractivity contribution in [1.29, 1.82) is 0 Å². The number of aliphatic hydroxyl groups excluding tert-OH is 1. The van der Waals surface area contributed by atoms with Gasteiger partial charge >= 0.3 is 0 Å².